The summed E-state index contributed by atoms with van der Waals surface area (Å²) >= 11 is 1.51. The number of nitrogens with one attached hydrogen (secondary N) is 2. The molecule has 2 amide bonds. The molecule has 0 radical (unpaired) electrons. The minimum absolute atomic E-state index is 0.0804. The van der Waals surface area contributed by atoms with Gasteiger partial charge in [-0.25, -0.2) is 8.42 Å². The number of fused-ring (bicyclic) bond motifs is 1. The lowest BCUT2D eigenvalue weighted by atomic mass is 10.2. The SMILES string of the molecule is COc1ccccc1NC(=O)CCS(=O)(=O)c1ccc2c(c1)NC(=O)[C@H](C)CS2. The predicted molar refractivity (Wildman–Crippen MR) is 113 cm³/mol. The molecule has 2 aromatic rings. The minimum atomic E-state index is -3.69. The average molecular weight is 435 g/mol. The smallest absolute Gasteiger partial charge is 0.228 e. The van der Waals surface area contributed by atoms with Gasteiger partial charge in [0.25, 0.3) is 0 Å². The first-order valence-corrected chi connectivity index (χ1v) is 11.7. The molecule has 0 aromatic heterocycles. The van der Waals surface area contributed by atoms with Gasteiger partial charge in [0.05, 0.1) is 29.1 Å². The Labute approximate surface area is 174 Å². The summed E-state index contributed by atoms with van der Waals surface area (Å²) in [7, 11) is -2.20. The highest BCUT2D eigenvalue weighted by molar-refractivity contribution is 7.99. The minimum Gasteiger partial charge on any atom is -0.495 e. The molecule has 0 unspecified atom stereocenters. The fraction of sp³-hybridized carbons (Fsp3) is 0.300. The van der Waals surface area contributed by atoms with Crippen LogP contribution in [0.3, 0.4) is 0 Å². The Hall–Kier alpha value is -2.52. The van der Waals surface area contributed by atoms with E-state index in [2.05, 4.69) is 10.6 Å². The fourth-order valence-electron chi connectivity index (χ4n) is 2.78. The lowest BCUT2D eigenvalue weighted by Crippen LogP contribution is -2.20. The molecule has 1 atom stereocenters. The number of carbonyl (C=O) groups excluding carboxylic acids is 2. The van der Waals surface area contributed by atoms with Crippen LogP contribution in [0.25, 0.3) is 0 Å². The quantitative estimate of drug-likeness (QED) is 0.724. The zero-order valence-corrected chi connectivity index (χ0v) is 17.7. The Balaban J connectivity index is 1.69. The Morgan fingerprint density at radius 1 is 1.28 bits per heavy atom. The summed E-state index contributed by atoms with van der Waals surface area (Å²) in [5, 5.41) is 5.44. The maximum atomic E-state index is 12.7. The molecule has 1 aliphatic heterocycles. The molecule has 0 fully saturated rings. The monoisotopic (exact) mass is 434 g/mol. The van der Waals surface area contributed by atoms with Crippen LogP contribution in [-0.2, 0) is 19.4 Å². The lowest BCUT2D eigenvalue weighted by molar-refractivity contribution is -0.118. The number of hydrogen-bond donors (Lipinski definition) is 2. The van der Waals surface area contributed by atoms with Gasteiger partial charge in [-0.2, -0.15) is 0 Å². The van der Waals surface area contributed by atoms with E-state index in [0.717, 1.165) is 4.90 Å². The molecule has 1 heterocycles. The number of sulfone groups is 1. The third kappa shape index (κ3) is 5.10. The van der Waals surface area contributed by atoms with Crippen LogP contribution in [-0.4, -0.2) is 38.8 Å². The summed E-state index contributed by atoms with van der Waals surface area (Å²) in [5.41, 5.74) is 0.972. The van der Waals surface area contributed by atoms with E-state index in [9.17, 15) is 18.0 Å². The van der Waals surface area contributed by atoms with Crippen molar-refractivity contribution in [2.24, 2.45) is 5.92 Å². The molecule has 0 spiro atoms. The van der Waals surface area contributed by atoms with Crippen molar-refractivity contribution in [3.8, 4) is 5.75 Å². The van der Waals surface area contributed by atoms with Gasteiger partial charge in [-0.3, -0.25) is 9.59 Å². The molecule has 3 rings (SSSR count). The van der Waals surface area contributed by atoms with Gasteiger partial charge in [0, 0.05) is 23.0 Å². The summed E-state index contributed by atoms with van der Waals surface area (Å²) in [6.45, 7) is 1.83. The molecule has 9 heteroatoms. The van der Waals surface area contributed by atoms with E-state index >= 15 is 0 Å². The van der Waals surface area contributed by atoms with Gasteiger partial charge in [0.1, 0.15) is 5.75 Å². The number of thioether (sulfide) groups is 1. The van der Waals surface area contributed by atoms with Crippen molar-refractivity contribution in [3.63, 3.8) is 0 Å². The van der Waals surface area contributed by atoms with Crippen LogP contribution in [0, 0.1) is 5.92 Å². The highest BCUT2D eigenvalue weighted by Crippen LogP contribution is 2.34. The highest BCUT2D eigenvalue weighted by Gasteiger charge is 2.23. The van der Waals surface area contributed by atoms with Gasteiger partial charge in [-0.15, -0.1) is 11.8 Å². The van der Waals surface area contributed by atoms with Gasteiger partial charge < -0.3 is 15.4 Å². The van der Waals surface area contributed by atoms with E-state index in [0.29, 0.717) is 22.9 Å². The van der Waals surface area contributed by atoms with Gasteiger partial charge in [-0.05, 0) is 30.3 Å². The summed E-state index contributed by atoms with van der Waals surface area (Å²) in [6.07, 6.45) is -0.199. The van der Waals surface area contributed by atoms with E-state index in [-0.39, 0.29) is 28.9 Å². The van der Waals surface area contributed by atoms with Crippen molar-refractivity contribution in [1.29, 1.82) is 0 Å². The van der Waals surface area contributed by atoms with Gasteiger partial charge >= 0.3 is 0 Å². The van der Waals surface area contributed by atoms with E-state index < -0.39 is 15.7 Å². The summed E-state index contributed by atoms with van der Waals surface area (Å²) < 4.78 is 30.6. The molecular weight excluding hydrogens is 412 g/mol. The van der Waals surface area contributed by atoms with Crippen LogP contribution in [0.5, 0.6) is 5.75 Å². The zero-order chi connectivity index (χ0) is 21.0. The maximum absolute atomic E-state index is 12.7. The normalized spacial score (nSPS) is 16.3. The van der Waals surface area contributed by atoms with Gasteiger partial charge in [0.2, 0.25) is 11.8 Å². The topological polar surface area (TPSA) is 102 Å². The first-order chi connectivity index (χ1) is 13.8. The Bertz CT molecular complexity index is 1040. The summed E-state index contributed by atoms with van der Waals surface area (Å²) in [6, 6.07) is 11.6. The zero-order valence-electron chi connectivity index (χ0n) is 16.1. The largest absolute Gasteiger partial charge is 0.495 e. The van der Waals surface area contributed by atoms with Crippen molar-refractivity contribution in [1.82, 2.24) is 0 Å². The third-order valence-electron chi connectivity index (χ3n) is 4.48. The van der Waals surface area contributed by atoms with Crippen LogP contribution in [0.15, 0.2) is 52.3 Å². The predicted octanol–water partition coefficient (Wildman–Crippen LogP) is 3.18. The number of methoxy groups -OCH3 is 1. The number of anilines is 2. The Morgan fingerprint density at radius 2 is 2.03 bits per heavy atom. The van der Waals surface area contributed by atoms with Crippen molar-refractivity contribution in [3.05, 3.63) is 42.5 Å². The van der Waals surface area contributed by atoms with Crippen LogP contribution >= 0.6 is 11.8 Å². The Morgan fingerprint density at radius 3 is 2.79 bits per heavy atom. The lowest BCUT2D eigenvalue weighted by Gasteiger charge is -2.11. The first-order valence-electron chi connectivity index (χ1n) is 9.03. The van der Waals surface area contributed by atoms with E-state index in [1.165, 1.54) is 31.0 Å². The van der Waals surface area contributed by atoms with Crippen molar-refractivity contribution >= 4 is 44.8 Å². The summed E-state index contributed by atoms with van der Waals surface area (Å²) in [4.78, 5) is 25.2. The van der Waals surface area contributed by atoms with E-state index in [1.807, 2.05) is 6.92 Å². The van der Waals surface area contributed by atoms with E-state index in [1.54, 1.807) is 30.3 Å². The number of benzene rings is 2. The molecule has 29 heavy (non-hydrogen) atoms. The van der Waals surface area contributed by atoms with Crippen molar-refractivity contribution < 1.29 is 22.7 Å². The maximum Gasteiger partial charge on any atom is 0.228 e. The van der Waals surface area contributed by atoms with Crippen LogP contribution in [0.1, 0.15) is 13.3 Å². The van der Waals surface area contributed by atoms with Crippen molar-refractivity contribution in [2.75, 3.05) is 29.2 Å². The molecule has 0 saturated carbocycles. The van der Waals surface area contributed by atoms with Crippen LogP contribution in [0.4, 0.5) is 11.4 Å². The fourth-order valence-corrected chi connectivity index (χ4v) is 5.05. The second-order valence-corrected chi connectivity index (χ2v) is 9.85. The second-order valence-electron chi connectivity index (χ2n) is 6.68. The molecular formula is C20H22N2O5S2. The van der Waals surface area contributed by atoms with Gasteiger partial charge in [-0.1, -0.05) is 19.1 Å². The first kappa shape index (κ1) is 21.2. The van der Waals surface area contributed by atoms with Crippen LogP contribution < -0.4 is 15.4 Å². The molecule has 2 N–H and O–H groups in total. The number of hydrogen-bond acceptors (Lipinski definition) is 6. The average Bonchev–Trinajstić information content (AvgIpc) is 2.85. The summed E-state index contributed by atoms with van der Waals surface area (Å²) in [5.74, 6) is 0.0637. The van der Waals surface area contributed by atoms with E-state index in [4.69, 9.17) is 4.74 Å². The molecule has 154 valence electrons. The third-order valence-corrected chi connectivity index (χ3v) is 7.53. The number of para-hydroxylation sites is 2. The standard InChI is InChI=1S/C20H22N2O5S2/c1-13-12-28-18-8-7-14(11-16(18)22-20(13)24)29(25,26)10-9-19(23)21-15-5-3-4-6-17(15)27-2/h3-8,11,13H,9-10,12H2,1-2H3,(H,21,23)(H,22,24)/t13-/m1/s1. The number of amides is 2. The number of rotatable bonds is 6. The van der Waals surface area contributed by atoms with Gasteiger partial charge in [0.15, 0.2) is 9.84 Å². The molecule has 7 nitrogen and oxygen atoms in total. The van der Waals surface area contributed by atoms with Crippen molar-refractivity contribution in [2.45, 2.75) is 23.1 Å². The number of ether oxygens (including phenoxy) is 1. The molecule has 0 aliphatic carbocycles. The molecule has 0 bridgehead atoms. The Kier molecular flexibility index (Phi) is 6.49. The van der Waals surface area contributed by atoms with Crippen LogP contribution in [0.2, 0.25) is 0 Å². The second kappa shape index (κ2) is 8.87. The molecule has 1 aliphatic rings. The number of carbonyl (C=O) groups is 2. The molecule has 2 aromatic carbocycles. The molecule has 0 saturated heterocycles. The highest BCUT2D eigenvalue weighted by atomic mass is 32.2.